The third-order valence-corrected chi connectivity index (χ3v) is 4.12. The first kappa shape index (κ1) is 14.7. The van der Waals surface area contributed by atoms with E-state index in [0.29, 0.717) is 11.5 Å². The van der Waals surface area contributed by atoms with Gasteiger partial charge in [-0.3, -0.25) is 9.78 Å². The summed E-state index contributed by atoms with van der Waals surface area (Å²) < 4.78 is 5.18. The number of benzene rings is 1. The number of esters is 1. The highest BCUT2D eigenvalue weighted by Crippen LogP contribution is 2.31. The molecule has 0 amide bonds. The molecule has 0 fully saturated rings. The number of Topliss-reactive ketones (excluding diaryl/α,β-unsaturated/α-hetero) is 1. The molecule has 3 rings (SSSR count). The first-order valence-electron chi connectivity index (χ1n) is 7.63. The predicted octanol–water partition coefficient (Wildman–Crippen LogP) is 3.11. The molecule has 1 aliphatic carbocycles. The van der Waals surface area contributed by atoms with Gasteiger partial charge >= 0.3 is 5.97 Å². The molecule has 0 saturated heterocycles. The van der Waals surface area contributed by atoms with Gasteiger partial charge in [0.25, 0.3) is 0 Å². The Kier molecular flexibility index (Phi) is 3.92. The van der Waals surface area contributed by atoms with Crippen LogP contribution in [0.1, 0.15) is 41.9 Å². The van der Waals surface area contributed by atoms with E-state index in [4.69, 9.17) is 9.72 Å². The van der Waals surface area contributed by atoms with Gasteiger partial charge in [-0.15, -0.1) is 0 Å². The van der Waals surface area contributed by atoms with Crippen LogP contribution in [-0.4, -0.2) is 23.3 Å². The zero-order valence-corrected chi connectivity index (χ0v) is 12.9. The Balaban J connectivity index is 2.14. The summed E-state index contributed by atoms with van der Waals surface area (Å²) >= 11 is 0. The minimum atomic E-state index is -0.417. The molecule has 4 heteroatoms. The smallest absolute Gasteiger partial charge is 0.339 e. The number of ketones is 1. The van der Waals surface area contributed by atoms with Crippen LogP contribution in [0.4, 0.5) is 0 Å². The third kappa shape index (κ3) is 2.73. The topological polar surface area (TPSA) is 56.3 Å². The highest BCUT2D eigenvalue weighted by molar-refractivity contribution is 6.05. The molecule has 0 aliphatic heterocycles. The van der Waals surface area contributed by atoms with Gasteiger partial charge in [-0.25, -0.2) is 4.79 Å². The van der Waals surface area contributed by atoms with Gasteiger partial charge in [-0.2, -0.15) is 0 Å². The average Bonchev–Trinajstić information content (AvgIpc) is 2.50. The van der Waals surface area contributed by atoms with Gasteiger partial charge in [0.15, 0.2) is 5.78 Å². The number of aromatic nitrogens is 1. The van der Waals surface area contributed by atoms with Crippen LogP contribution >= 0.6 is 0 Å². The SMILES string of the molecule is CC(=O)COC(=O)c1c2c(nc3ccccc13)CC[C@@H](C)C2. The molecule has 0 saturated carbocycles. The number of hydrogen-bond acceptors (Lipinski definition) is 4. The third-order valence-electron chi connectivity index (χ3n) is 4.12. The van der Waals surface area contributed by atoms with Crippen molar-refractivity contribution >= 4 is 22.7 Å². The number of fused-ring (bicyclic) bond motifs is 2. The van der Waals surface area contributed by atoms with Crippen LogP contribution in [0.25, 0.3) is 10.9 Å². The van der Waals surface area contributed by atoms with Crippen molar-refractivity contribution in [2.75, 3.05) is 6.61 Å². The molecule has 0 bridgehead atoms. The van der Waals surface area contributed by atoms with Crippen molar-refractivity contribution in [1.29, 1.82) is 0 Å². The number of carbonyl (C=O) groups excluding carboxylic acids is 2. The minimum absolute atomic E-state index is 0.158. The van der Waals surface area contributed by atoms with E-state index in [2.05, 4.69) is 6.92 Å². The maximum Gasteiger partial charge on any atom is 0.339 e. The quantitative estimate of drug-likeness (QED) is 0.817. The summed E-state index contributed by atoms with van der Waals surface area (Å²) in [4.78, 5) is 28.3. The average molecular weight is 297 g/mol. The molecule has 0 N–H and O–H groups in total. The van der Waals surface area contributed by atoms with E-state index >= 15 is 0 Å². The lowest BCUT2D eigenvalue weighted by molar-refractivity contribution is -0.120. The number of para-hydroxylation sites is 1. The van der Waals surface area contributed by atoms with Crippen molar-refractivity contribution in [3.63, 3.8) is 0 Å². The van der Waals surface area contributed by atoms with E-state index in [1.165, 1.54) is 6.92 Å². The predicted molar refractivity (Wildman–Crippen MR) is 83.9 cm³/mol. The van der Waals surface area contributed by atoms with Gasteiger partial charge in [0, 0.05) is 11.1 Å². The molecule has 0 spiro atoms. The Hall–Kier alpha value is -2.23. The Morgan fingerprint density at radius 3 is 2.86 bits per heavy atom. The first-order valence-corrected chi connectivity index (χ1v) is 7.63. The lowest BCUT2D eigenvalue weighted by Crippen LogP contribution is -2.20. The number of nitrogens with zero attached hydrogens (tertiary/aromatic N) is 1. The molecule has 1 aliphatic rings. The Morgan fingerprint density at radius 2 is 2.09 bits per heavy atom. The molecule has 1 heterocycles. The van der Waals surface area contributed by atoms with Crippen LogP contribution in [0.2, 0.25) is 0 Å². The normalized spacial score (nSPS) is 17.1. The first-order chi connectivity index (χ1) is 10.6. The Labute approximate surface area is 129 Å². The molecule has 0 radical (unpaired) electrons. The van der Waals surface area contributed by atoms with Gasteiger partial charge in [0.1, 0.15) is 6.61 Å². The van der Waals surface area contributed by atoms with Crippen molar-refractivity contribution < 1.29 is 14.3 Å². The number of carbonyl (C=O) groups is 2. The fourth-order valence-corrected chi connectivity index (χ4v) is 3.04. The Morgan fingerprint density at radius 1 is 1.32 bits per heavy atom. The summed E-state index contributed by atoms with van der Waals surface area (Å²) in [6, 6.07) is 7.62. The summed E-state index contributed by atoms with van der Waals surface area (Å²) in [6.45, 7) is 3.41. The van der Waals surface area contributed by atoms with Crippen LogP contribution < -0.4 is 0 Å². The van der Waals surface area contributed by atoms with Crippen molar-refractivity contribution in [3.05, 3.63) is 41.1 Å². The largest absolute Gasteiger partial charge is 0.454 e. The van der Waals surface area contributed by atoms with Crippen LogP contribution in [0.3, 0.4) is 0 Å². The van der Waals surface area contributed by atoms with Crippen LogP contribution in [0, 0.1) is 5.92 Å². The molecule has 0 unspecified atom stereocenters. The monoisotopic (exact) mass is 297 g/mol. The fraction of sp³-hybridized carbons (Fsp3) is 0.389. The van der Waals surface area contributed by atoms with Crippen molar-refractivity contribution in [3.8, 4) is 0 Å². The molecule has 114 valence electrons. The highest BCUT2D eigenvalue weighted by Gasteiger charge is 2.26. The number of aryl methyl sites for hydroxylation is 1. The van der Waals surface area contributed by atoms with Crippen molar-refractivity contribution in [2.24, 2.45) is 5.92 Å². The number of pyridine rings is 1. The van der Waals surface area contributed by atoms with Crippen LogP contribution in [0.5, 0.6) is 0 Å². The van der Waals surface area contributed by atoms with Gasteiger partial charge in [0.05, 0.1) is 11.1 Å². The second-order valence-electron chi connectivity index (χ2n) is 6.06. The van der Waals surface area contributed by atoms with E-state index in [1.807, 2.05) is 24.3 Å². The fourth-order valence-electron chi connectivity index (χ4n) is 3.04. The standard InChI is InChI=1S/C18H19NO3/c1-11-7-8-16-14(9-11)17(18(21)22-10-12(2)20)13-5-3-4-6-15(13)19-16/h3-6,11H,7-10H2,1-2H3/t11-/m1/s1. The van der Waals surface area contributed by atoms with Crippen molar-refractivity contribution in [1.82, 2.24) is 4.98 Å². The number of hydrogen-bond donors (Lipinski definition) is 0. The lowest BCUT2D eigenvalue weighted by Gasteiger charge is -2.24. The summed E-state index contributed by atoms with van der Waals surface area (Å²) in [5, 5.41) is 0.809. The zero-order valence-electron chi connectivity index (χ0n) is 12.9. The second-order valence-corrected chi connectivity index (χ2v) is 6.06. The van der Waals surface area contributed by atoms with Crippen molar-refractivity contribution in [2.45, 2.75) is 33.1 Å². The number of rotatable bonds is 3. The molecular weight excluding hydrogens is 278 g/mol. The maximum absolute atomic E-state index is 12.5. The second kappa shape index (κ2) is 5.87. The summed E-state index contributed by atoms with van der Waals surface area (Å²) in [5.74, 6) is -0.0529. The van der Waals surface area contributed by atoms with Gasteiger partial charge in [-0.1, -0.05) is 25.1 Å². The van der Waals surface area contributed by atoms with E-state index < -0.39 is 5.97 Å². The highest BCUT2D eigenvalue weighted by atomic mass is 16.5. The molecular formula is C18H19NO3. The van der Waals surface area contributed by atoms with Crippen LogP contribution in [-0.2, 0) is 22.4 Å². The summed E-state index contributed by atoms with van der Waals surface area (Å²) in [6.07, 6.45) is 2.80. The minimum Gasteiger partial charge on any atom is -0.454 e. The van der Waals surface area contributed by atoms with E-state index in [1.54, 1.807) is 0 Å². The van der Waals surface area contributed by atoms with E-state index in [0.717, 1.165) is 41.4 Å². The summed E-state index contributed by atoms with van der Waals surface area (Å²) in [7, 11) is 0. The van der Waals surface area contributed by atoms with E-state index in [-0.39, 0.29) is 12.4 Å². The molecule has 22 heavy (non-hydrogen) atoms. The molecule has 4 nitrogen and oxygen atoms in total. The Bertz CT molecular complexity index is 751. The molecule has 1 aromatic carbocycles. The van der Waals surface area contributed by atoms with Gasteiger partial charge in [0.2, 0.25) is 0 Å². The summed E-state index contributed by atoms with van der Waals surface area (Å²) in [5.41, 5.74) is 3.39. The molecule has 1 aromatic heterocycles. The molecule has 1 atom stereocenters. The lowest BCUT2D eigenvalue weighted by atomic mass is 9.84. The van der Waals surface area contributed by atoms with Gasteiger partial charge in [-0.05, 0) is 43.7 Å². The zero-order chi connectivity index (χ0) is 15.7. The number of ether oxygens (including phenoxy) is 1. The maximum atomic E-state index is 12.5. The van der Waals surface area contributed by atoms with E-state index in [9.17, 15) is 9.59 Å². The molecule has 2 aromatic rings. The van der Waals surface area contributed by atoms with Gasteiger partial charge < -0.3 is 4.74 Å². The van der Waals surface area contributed by atoms with Crippen LogP contribution in [0.15, 0.2) is 24.3 Å².